The summed E-state index contributed by atoms with van der Waals surface area (Å²) >= 11 is 2.33. The maximum Gasteiger partial charge on any atom is 0.0198 e. The van der Waals surface area contributed by atoms with Crippen LogP contribution >= 0.6 is 22.9 Å². The van der Waals surface area contributed by atoms with Crippen LogP contribution in [0.4, 0.5) is 0 Å². The van der Waals surface area contributed by atoms with Crippen molar-refractivity contribution in [3.63, 3.8) is 0 Å². The van der Waals surface area contributed by atoms with Gasteiger partial charge in [0.05, 0.1) is 0 Å². The van der Waals surface area contributed by atoms with Gasteiger partial charge in [-0.1, -0.05) is 0 Å². The fraction of sp³-hybridized carbons (Fsp3) is 1.00. The van der Waals surface area contributed by atoms with Gasteiger partial charge in [-0.15, -0.1) is 0 Å². The molecule has 2 heteroatoms. The standard InChI is InChI=1S/C5H10IN/c1-7(6)4-5-2-3-5/h5H,2-4H2,1H3. The third-order valence-electron chi connectivity index (χ3n) is 1.21. The third-order valence-corrected chi connectivity index (χ3v) is 1.60. The van der Waals surface area contributed by atoms with Crippen LogP contribution in [0.25, 0.3) is 0 Å². The molecule has 1 rings (SSSR count). The molecular formula is C5H10IN. The van der Waals surface area contributed by atoms with Crippen LogP contribution in [-0.2, 0) is 0 Å². The first kappa shape index (κ1) is 5.82. The average Bonchev–Trinajstić information content (AvgIpc) is 2.17. The maximum absolute atomic E-state index is 2.33. The van der Waals surface area contributed by atoms with Crippen LogP contribution in [0, 0.1) is 5.92 Å². The van der Waals surface area contributed by atoms with Gasteiger partial charge in [0.1, 0.15) is 0 Å². The number of hydrogen-bond acceptors (Lipinski definition) is 1. The highest BCUT2D eigenvalue weighted by molar-refractivity contribution is 14.1. The molecule has 1 saturated carbocycles. The van der Waals surface area contributed by atoms with E-state index in [1.807, 2.05) is 0 Å². The topological polar surface area (TPSA) is 3.24 Å². The van der Waals surface area contributed by atoms with E-state index in [-0.39, 0.29) is 0 Å². The van der Waals surface area contributed by atoms with E-state index in [4.69, 9.17) is 0 Å². The highest BCUT2D eigenvalue weighted by Crippen LogP contribution is 2.29. The Hall–Kier alpha value is 0.690. The minimum Gasteiger partial charge on any atom is -0.250 e. The molecule has 1 fully saturated rings. The summed E-state index contributed by atoms with van der Waals surface area (Å²) in [6.07, 6.45) is 2.93. The molecule has 0 aliphatic heterocycles. The summed E-state index contributed by atoms with van der Waals surface area (Å²) in [6, 6.07) is 0. The van der Waals surface area contributed by atoms with Crippen molar-refractivity contribution in [1.29, 1.82) is 0 Å². The molecule has 0 amide bonds. The summed E-state index contributed by atoms with van der Waals surface area (Å²) in [5.74, 6) is 1.04. The van der Waals surface area contributed by atoms with Crippen molar-refractivity contribution in [2.24, 2.45) is 5.92 Å². The van der Waals surface area contributed by atoms with E-state index < -0.39 is 0 Å². The van der Waals surface area contributed by atoms with Crippen LogP contribution in [0.15, 0.2) is 0 Å². The van der Waals surface area contributed by atoms with Crippen molar-refractivity contribution in [3.05, 3.63) is 0 Å². The molecule has 1 aliphatic carbocycles. The molecule has 0 radical (unpaired) electrons. The molecule has 0 aromatic rings. The van der Waals surface area contributed by atoms with E-state index in [9.17, 15) is 0 Å². The van der Waals surface area contributed by atoms with Gasteiger partial charge < -0.3 is 0 Å². The van der Waals surface area contributed by atoms with Gasteiger partial charge in [-0.2, -0.15) is 0 Å². The SMILES string of the molecule is CN(I)CC1CC1. The Morgan fingerprint density at radius 3 is 2.43 bits per heavy atom. The summed E-state index contributed by atoms with van der Waals surface area (Å²) in [7, 11) is 2.12. The predicted octanol–water partition coefficient (Wildman–Crippen LogP) is 1.68. The molecule has 0 atom stereocenters. The molecule has 0 aromatic carbocycles. The van der Waals surface area contributed by atoms with Crippen molar-refractivity contribution < 1.29 is 0 Å². The monoisotopic (exact) mass is 211 g/mol. The summed E-state index contributed by atoms with van der Waals surface area (Å²) in [4.78, 5) is 0. The maximum atomic E-state index is 2.33. The zero-order chi connectivity index (χ0) is 5.28. The van der Waals surface area contributed by atoms with Crippen LogP contribution in [0.1, 0.15) is 12.8 Å². The largest absolute Gasteiger partial charge is 0.250 e. The van der Waals surface area contributed by atoms with Gasteiger partial charge in [0.2, 0.25) is 0 Å². The normalized spacial score (nSPS) is 21.0. The molecule has 1 aliphatic rings. The molecule has 0 aromatic heterocycles. The zero-order valence-electron chi connectivity index (χ0n) is 4.52. The highest BCUT2D eigenvalue weighted by atomic mass is 127. The lowest BCUT2D eigenvalue weighted by atomic mass is 10.4. The lowest BCUT2D eigenvalue weighted by Gasteiger charge is -2.02. The fourth-order valence-corrected chi connectivity index (χ4v) is 1.21. The van der Waals surface area contributed by atoms with E-state index in [0.29, 0.717) is 0 Å². The molecule has 0 bridgehead atoms. The highest BCUT2D eigenvalue weighted by Gasteiger charge is 2.21. The van der Waals surface area contributed by atoms with Gasteiger partial charge in [-0.05, 0) is 25.8 Å². The minimum atomic E-state index is 1.04. The smallest absolute Gasteiger partial charge is 0.0198 e. The molecule has 0 saturated heterocycles. The Bertz CT molecular complexity index is 59.1. The van der Waals surface area contributed by atoms with Crippen LogP contribution in [0.5, 0.6) is 0 Å². The predicted molar refractivity (Wildman–Crippen MR) is 39.4 cm³/mol. The molecule has 0 spiro atoms. The second-order valence-corrected chi connectivity index (χ2v) is 3.88. The third kappa shape index (κ3) is 2.49. The van der Waals surface area contributed by atoms with Crippen LogP contribution in [-0.4, -0.2) is 16.7 Å². The van der Waals surface area contributed by atoms with E-state index in [1.165, 1.54) is 19.4 Å². The van der Waals surface area contributed by atoms with E-state index in [0.717, 1.165) is 5.92 Å². The van der Waals surface area contributed by atoms with Crippen LogP contribution < -0.4 is 0 Å². The van der Waals surface area contributed by atoms with Crippen molar-refractivity contribution >= 4 is 22.9 Å². The molecule has 0 unspecified atom stereocenters. The molecule has 7 heavy (non-hydrogen) atoms. The molecule has 0 heterocycles. The van der Waals surface area contributed by atoms with E-state index >= 15 is 0 Å². The Morgan fingerprint density at radius 1 is 1.71 bits per heavy atom. The van der Waals surface area contributed by atoms with Crippen molar-refractivity contribution in [2.75, 3.05) is 13.6 Å². The van der Waals surface area contributed by atoms with E-state index in [1.54, 1.807) is 0 Å². The molecular weight excluding hydrogens is 201 g/mol. The van der Waals surface area contributed by atoms with Gasteiger partial charge in [0.25, 0.3) is 0 Å². The van der Waals surface area contributed by atoms with Crippen LogP contribution in [0.2, 0.25) is 0 Å². The molecule has 0 N–H and O–H groups in total. The molecule has 42 valence electrons. The average molecular weight is 211 g/mol. The van der Waals surface area contributed by atoms with Crippen molar-refractivity contribution in [3.8, 4) is 0 Å². The second-order valence-electron chi connectivity index (χ2n) is 2.23. The number of halogens is 1. The Labute approximate surface area is 58.6 Å². The second kappa shape index (κ2) is 2.31. The van der Waals surface area contributed by atoms with Gasteiger partial charge in [-0.3, -0.25) is 3.11 Å². The summed E-state index contributed by atoms with van der Waals surface area (Å²) in [5, 5.41) is 0. The zero-order valence-corrected chi connectivity index (χ0v) is 6.68. The van der Waals surface area contributed by atoms with Crippen molar-refractivity contribution in [2.45, 2.75) is 12.8 Å². The number of hydrogen-bond donors (Lipinski definition) is 0. The van der Waals surface area contributed by atoms with Gasteiger partial charge in [0.15, 0.2) is 0 Å². The summed E-state index contributed by atoms with van der Waals surface area (Å²) < 4.78 is 2.23. The first-order valence-corrected chi connectivity index (χ1v) is 3.62. The van der Waals surface area contributed by atoms with Gasteiger partial charge in [0, 0.05) is 29.4 Å². The first-order valence-electron chi connectivity index (χ1n) is 2.66. The summed E-state index contributed by atoms with van der Waals surface area (Å²) in [5.41, 5.74) is 0. The lowest BCUT2D eigenvalue weighted by molar-refractivity contribution is 0.566. The van der Waals surface area contributed by atoms with E-state index in [2.05, 4.69) is 33.0 Å². The Morgan fingerprint density at radius 2 is 2.29 bits per heavy atom. The Balaban J connectivity index is 1.97. The number of nitrogens with zero attached hydrogens (tertiary/aromatic N) is 1. The fourth-order valence-electron chi connectivity index (χ4n) is 0.656. The Kier molecular flexibility index (Phi) is 1.92. The summed E-state index contributed by atoms with van der Waals surface area (Å²) in [6.45, 7) is 1.29. The van der Waals surface area contributed by atoms with Crippen molar-refractivity contribution in [1.82, 2.24) is 3.11 Å². The number of rotatable bonds is 2. The van der Waals surface area contributed by atoms with Crippen LogP contribution in [0.3, 0.4) is 0 Å². The van der Waals surface area contributed by atoms with Gasteiger partial charge >= 0.3 is 0 Å². The minimum absolute atomic E-state index is 1.04. The quantitative estimate of drug-likeness (QED) is 0.496. The lowest BCUT2D eigenvalue weighted by Crippen LogP contribution is -2.06. The molecule has 1 nitrogen and oxygen atoms in total. The van der Waals surface area contributed by atoms with Gasteiger partial charge in [-0.25, -0.2) is 0 Å². The first-order chi connectivity index (χ1) is 3.29.